The summed E-state index contributed by atoms with van der Waals surface area (Å²) in [5.41, 5.74) is 10.1. The van der Waals surface area contributed by atoms with Crippen molar-refractivity contribution >= 4 is 44.8 Å². The molecule has 3 N–H and O–H groups in total. The number of carbonyl (C=O) groups excluding carboxylic acids is 2. The molecular weight excluding hydrogens is 340 g/mol. The summed E-state index contributed by atoms with van der Waals surface area (Å²) >= 11 is 1.32. The van der Waals surface area contributed by atoms with Crippen LogP contribution in [0.4, 0.5) is 5.13 Å². The second kappa shape index (κ2) is 7.10. The topological polar surface area (TPSA) is 107 Å². The average molecular weight is 354 g/mol. The number of ether oxygens (including phenoxy) is 1. The van der Waals surface area contributed by atoms with Crippen LogP contribution in [0.15, 0.2) is 47.6 Å². The van der Waals surface area contributed by atoms with E-state index in [1.807, 2.05) is 0 Å². The number of nitrogens with zero attached hydrogens (tertiary/aromatic N) is 2. The van der Waals surface area contributed by atoms with E-state index in [4.69, 9.17) is 10.5 Å². The van der Waals surface area contributed by atoms with E-state index in [1.165, 1.54) is 24.5 Å². The van der Waals surface area contributed by atoms with Crippen LogP contribution in [0.2, 0.25) is 0 Å². The van der Waals surface area contributed by atoms with E-state index in [0.717, 1.165) is 15.8 Å². The number of hydrogen-bond acceptors (Lipinski definition) is 7. The van der Waals surface area contributed by atoms with Crippen LogP contribution >= 0.6 is 11.3 Å². The summed E-state index contributed by atoms with van der Waals surface area (Å²) in [6, 6.07) is 11.9. The summed E-state index contributed by atoms with van der Waals surface area (Å²) in [7, 11) is 0. The van der Waals surface area contributed by atoms with Crippen LogP contribution in [0.5, 0.6) is 5.75 Å². The van der Waals surface area contributed by atoms with Gasteiger partial charge < -0.3 is 10.5 Å². The summed E-state index contributed by atoms with van der Waals surface area (Å²) in [5.74, 6) is -0.263. The van der Waals surface area contributed by atoms with Crippen molar-refractivity contribution in [1.29, 1.82) is 0 Å². The number of aromatic nitrogens is 1. The van der Waals surface area contributed by atoms with Gasteiger partial charge in [-0.15, -0.1) is 0 Å². The SMILES string of the molecule is CC(=O)Oc1ccc(/C=N\NC(=O)c2ccc3nc(N)sc3c2)cc1. The molecule has 7 nitrogen and oxygen atoms in total. The Balaban J connectivity index is 1.64. The number of rotatable bonds is 4. The van der Waals surface area contributed by atoms with Gasteiger partial charge in [-0.3, -0.25) is 9.59 Å². The van der Waals surface area contributed by atoms with Gasteiger partial charge in [-0.2, -0.15) is 5.10 Å². The van der Waals surface area contributed by atoms with E-state index >= 15 is 0 Å². The van der Waals surface area contributed by atoms with Crippen molar-refractivity contribution in [3.8, 4) is 5.75 Å². The summed E-state index contributed by atoms with van der Waals surface area (Å²) < 4.78 is 5.78. The quantitative estimate of drug-likeness (QED) is 0.324. The Hall–Kier alpha value is -3.26. The molecule has 1 heterocycles. The highest BCUT2D eigenvalue weighted by molar-refractivity contribution is 7.22. The summed E-state index contributed by atoms with van der Waals surface area (Å²) in [6.07, 6.45) is 1.50. The number of nitrogen functional groups attached to an aromatic ring is 1. The number of benzene rings is 2. The highest BCUT2D eigenvalue weighted by atomic mass is 32.1. The minimum absolute atomic E-state index is 0.332. The van der Waals surface area contributed by atoms with Gasteiger partial charge in [-0.1, -0.05) is 11.3 Å². The first-order valence-corrected chi connectivity index (χ1v) is 8.11. The molecule has 3 rings (SSSR count). The van der Waals surface area contributed by atoms with E-state index in [0.29, 0.717) is 16.4 Å². The molecule has 0 bridgehead atoms. The molecule has 0 unspecified atom stereocenters. The number of thiazole rings is 1. The highest BCUT2D eigenvalue weighted by Crippen LogP contribution is 2.24. The van der Waals surface area contributed by atoms with Crippen LogP contribution in [0, 0.1) is 0 Å². The zero-order valence-corrected chi connectivity index (χ0v) is 14.0. The van der Waals surface area contributed by atoms with Crippen LogP contribution in [-0.4, -0.2) is 23.1 Å². The molecule has 0 saturated heterocycles. The molecule has 3 aromatic rings. The van der Waals surface area contributed by atoms with Gasteiger partial charge in [0, 0.05) is 12.5 Å². The molecule has 1 aromatic heterocycles. The number of fused-ring (bicyclic) bond motifs is 1. The normalized spacial score (nSPS) is 10.9. The van der Waals surface area contributed by atoms with Crippen LogP contribution in [0.1, 0.15) is 22.8 Å². The predicted octanol–water partition coefficient (Wildman–Crippen LogP) is 2.57. The standard InChI is InChI=1S/C17H14N4O3S/c1-10(22)24-13-5-2-11(3-6-13)9-19-21-16(23)12-4-7-14-15(8-12)25-17(18)20-14/h2-9H,1H3,(H2,18,20)(H,21,23)/b19-9-. The zero-order chi connectivity index (χ0) is 17.8. The largest absolute Gasteiger partial charge is 0.427 e. The number of nitrogens with two attached hydrogens (primary N) is 1. The van der Waals surface area contributed by atoms with Crippen molar-refractivity contribution in [1.82, 2.24) is 10.4 Å². The lowest BCUT2D eigenvalue weighted by Crippen LogP contribution is -2.17. The maximum atomic E-state index is 12.1. The molecule has 0 saturated carbocycles. The van der Waals surface area contributed by atoms with Crippen molar-refractivity contribution in [3.63, 3.8) is 0 Å². The van der Waals surface area contributed by atoms with E-state index in [1.54, 1.807) is 42.5 Å². The summed E-state index contributed by atoms with van der Waals surface area (Å²) in [6.45, 7) is 1.34. The lowest BCUT2D eigenvalue weighted by molar-refractivity contribution is -0.131. The molecule has 8 heteroatoms. The molecule has 2 aromatic carbocycles. The van der Waals surface area contributed by atoms with E-state index in [9.17, 15) is 9.59 Å². The molecule has 0 radical (unpaired) electrons. The fourth-order valence-corrected chi connectivity index (χ4v) is 2.88. The maximum Gasteiger partial charge on any atom is 0.308 e. The Morgan fingerprint density at radius 1 is 1.24 bits per heavy atom. The molecular formula is C17H14N4O3S. The maximum absolute atomic E-state index is 12.1. The Morgan fingerprint density at radius 3 is 2.72 bits per heavy atom. The first-order chi connectivity index (χ1) is 12.0. The Kier molecular flexibility index (Phi) is 4.71. The van der Waals surface area contributed by atoms with Gasteiger partial charge in [0.25, 0.3) is 5.91 Å². The average Bonchev–Trinajstić information content (AvgIpc) is 2.95. The number of hydrogen-bond donors (Lipinski definition) is 2. The first kappa shape index (κ1) is 16.6. The molecule has 0 aliphatic heterocycles. The Labute approximate surface area is 147 Å². The molecule has 0 spiro atoms. The molecule has 1 amide bonds. The minimum Gasteiger partial charge on any atom is -0.427 e. The number of hydrazone groups is 1. The number of esters is 1. The van der Waals surface area contributed by atoms with Crippen LogP contribution in [-0.2, 0) is 4.79 Å². The summed E-state index contributed by atoms with van der Waals surface area (Å²) in [5, 5.41) is 4.39. The molecule has 0 atom stereocenters. The molecule has 0 fully saturated rings. The molecule has 0 aliphatic carbocycles. The third-order valence-electron chi connectivity index (χ3n) is 3.19. The molecule has 126 valence electrons. The third kappa shape index (κ3) is 4.18. The van der Waals surface area contributed by atoms with Crippen molar-refractivity contribution in [3.05, 3.63) is 53.6 Å². The van der Waals surface area contributed by atoms with Gasteiger partial charge in [0.2, 0.25) is 0 Å². The number of amides is 1. The number of anilines is 1. The minimum atomic E-state index is -0.381. The Morgan fingerprint density at radius 2 is 2.00 bits per heavy atom. The van der Waals surface area contributed by atoms with E-state index in [2.05, 4.69) is 15.5 Å². The smallest absolute Gasteiger partial charge is 0.308 e. The third-order valence-corrected chi connectivity index (χ3v) is 4.04. The second-order valence-electron chi connectivity index (χ2n) is 5.10. The zero-order valence-electron chi connectivity index (χ0n) is 13.2. The van der Waals surface area contributed by atoms with Crippen molar-refractivity contribution < 1.29 is 14.3 Å². The number of nitrogens with one attached hydrogen (secondary N) is 1. The van der Waals surface area contributed by atoms with E-state index < -0.39 is 0 Å². The highest BCUT2D eigenvalue weighted by Gasteiger charge is 2.08. The predicted molar refractivity (Wildman–Crippen MR) is 96.8 cm³/mol. The molecule has 0 aliphatic rings. The van der Waals surface area contributed by atoms with Crippen molar-refractivity contribution in [2.75, 3.05) is 5.73 Å². The van der Waals surface area contributed by atoms with Gasteiger partial charge in [-0.05, 0) is 48.0 Å². The fourth-order valence-electron chi connectivity index (χ4n) is 2.10. The first-order valence-electron chi connectivity index (χ1n) is 7.29. The van der Waals surface area contributed by atoms with Gasteiger partial charge in [0.05, 0.1) is 16.4 Å². The van der Waals surface area contributed by atoms with Crippen molar-refractivity contribution in [2.24, 2.45) is 5.10 Å². The van der Waals surface area contributed by atoms with Gasteiger partial charge in [-0.25, -0.2) is 10.4 Å². The lowest BCUT2D eigenvalue weighted by atomic mass is 10.2. The lowest BCUT2D eigenvalue weighted by Gasteiger charge is -2.01. The number of carbonyl (C=O) groups is 2. The monoisotopic (exact) mass is 354 g/mol. The van der Waals surface area contributed by atoms with E-state index in [-0.39, 0.29) is 11.9 Å². The van der Waals surface area contributed by atoms with Crippen LogP contribution < -0.4 is 15.9 Å². The van der Waals surface area contributed by atoms with Crippen molar-refractivity contribution in [2.45, 2.75) is 6.92 Å². The fraction of sp³-hybridized carbons (Fsp3) is 0.0588. The van der Waals surface area contributed by atoms with Gasteiger partial charge in [0.1, 0.15) is 5.75 Å². The summed E-state index contributed by atoms with van der Waals surface area (Å²) in [4.78, 5) is 27.1. The van der Waals surface area contributed by atoms with Gasteiger partial charge >= 0.3 is 5.97 Å². The molecule has 25 heavy (non-hydrogen) atoms. The Bertz CT molecular complexity index is 964. The van der Waals surface area contributed by atoms with Crippen LogP contribution in [0.3, 0.4) is 0 Å². The van der Waals surface area contributed by atoms with Crippen LogP contribution in [0.25, 0.3) is 10.2 Å². The second-order valence-corrected chi connectivity index (χ2v) is 6.16. The van der Waals surface area contributed by atoms with Gasteiger partial charge in [0.15, 0.2) is 5.13 Å².